The molecule has 1 fully saturated rings. The van der Waals surface area contributed by atoms with Crippen LogP contribution in [-0.2, 0) is 15.1 Å². The molecule has 0 saturated carbocycles. The van der Waals surface area contributed by atoms with Gasteiger partial charge in [-0.15, -0.1) is 0 Å². The summed E-state index contributed by atoms with van der Waals surface area (Å²) in [5.41, 5.74) is 3.88. The van der Waals surface area contributed by atoms with Crippen molar-refractivity contribution in [3.8, 4) is 0 Å². The summed E-state index contributed by atoms with van der Waals surface area (Å²) in [5, 5.41) is 5.60. The number of amides is 4. The van der Waals surface area contributed by atoms with Crippen LogP contribution in [0.2, 0.25) is 0 Å². The van der Waals surface area contributed by atoms with Gasteiger partial charge < -0.3 is 10.6 Å². The molecular weight excluding hydrogens is 366 g/mol. The lowest BCUT2D eigenvalue weighted by Crippen LogP contribution is -2.43. The van der Waals surface area contributed by atoms with Crippen LogP contribution in [0.15, 0.2) is 42.5 Å². The summed E-state index contributed by atoms with van der Waals surface area (Å²) in [5.74, 6) is -0.812. The number of hydrogen-bond acceptors (Lipinski definition) is 3. The SMILES string of the molecule is Cc1ccc(C2(C)NC(=O)N(CC(=O)NC(C)c3ccc(C)c(C)c3)C2=O)cc1. The van der Waals surface area contributed by atoms with E-state index in [1.807, 2.05) is 70.2 Å². The summed E-state index contributed by atoms with van der Waals surface area (Å²) in [6.07, 6.45) is 0. The highest BCUT2D eigenvalue weighted by Gasteiger charge is 2.49. The summed E-state index contributed by atoms with van der Waals surface area (Å²) in [6, 6.07) is 12.6. The molecule has 1 heterocycles. The van der Waals surface area contributed by atoms with Gasteiger partial charge in [0, 0.05) is 0 Å². The highest BCUT2D eigenvalue weighted by atomic mass is 16.2. The Hall–Kier alpha value is -3.15. The first-order chi connectivity index (χ1) is 13.6. The monoisotopic (exact) mass is 393 g/mol. The molecule has 2 aromatic carbocycles. The predicted molar refractivity (Wildman–Crippen MR) is 111 cm³/mol. The van der Waals surface area contributed by atoms with Crippen molar-refractivity contribution in [3.05, 3.63) is 70.3 Å². The molecule has 2 atom stereocenters. The molecule has 6 heteroatoms. The van der Waals surface area contributed by atoms with Crippen molar-refractivity contribution in [1.29, 1.82) is 0 Å². The van der Waals surface area contributed by atoms with Crippen molar-refractivity contribution in [2.45, 2.75) is 46.2 Å². The first-order valence-electron chi connectivity index (χ1n) is 9.69. The molecule has 1 aliphatic rings. The Kier molecular flexibility index (Phi) is 5.46. The molecule has 152 valence electrons. The number of carbonyl (C=O) groups excluding carboxylic acids is 3. The molecule has 2 N–H and O–H groups in total. The minimum absolute atomic E-state index is 0.231. The quantitative estimate of drug-likeness (QED) is 0.766. The Balaban J connectivity index is 1.70. The van der Waals surface area contributed by atoms with E-state index >= 15 is 0 Å². The number of nitrogens with zero attached hydrogens (tertiary/aromatic N) is 1. The molecule has 29 heavy (non-hydrogen) atoms. The first-order valence-corrected chi connectivity index (χ1v) is 9.69. The van der Waals surface area contributed by atoms with Gasteiger partial charge >= 0.3 is 6.03 Å². The molecule has 3 rings (SSSR count). The zero-order valence-electron chi connectivity index (χ0n) is 17.5. The van der Waals surface area contributed by atoms with E-state index in [-0.39, 0.29) is 18.5 Å². The van der Waals surface area contributed by atoms with Crippen molar-refractivity contribution in [1.82, 2.24) is 15.5 Å². The molecule has 2 aromatic rings. The fraction of sp³-hybridized carbons (Fsp3) is 0.348. The molecule has 6 nitrogen and oxygen atoms in total. The summed E-state index contributed by atoms with van der Waals surface area (Å²) in [4.78, 5) is 38.9. The van der Waals surface area contributed by atoms with Gasteiger partial charge in [0.2, 0.25) is 5.91 Å². The van der Waals surface area contributed by atoms with E-state index in [1.165, 1.54) is 5.56 Å². The van der Waals surface area contributed by atoms with E-state index in [1.54, 1.807) is 6.92 Å². The van der Waals surface area contributed by atoms with Gasteiger partial charge in [0.15, 0.2) is 0 Å². The van der Waals surface area contributed by atoms with Crippen molar-refractivity contribution in [3.63, 3.8) is 0 Å². The lowest BCUT2D eigenvalue weighted by Gasteiger charge is -2.22. The van der Waals surface area contributed by atoms with E-state index in [9.17, 15) is 14.4 Å². The van der Waals surface area contributed by atoms with Crippen LogP contribution < -0.4 is 10.6 Å². The Morgan fingerprint density at radius 2 is 1.72 bits per heavy atom. The third-order valence-electron chi connectivity index (χ3n) is 5.61. The van der Waals surface area contributed by atoms with Crippen LogP contribution in [0, 0.1) is 20.8 Å². The highest BCUT2D eigenvalue weighted by Crippen LogP contribution is 2.29. The topological polar surface area (TPSA) is 78.5 Å². The number of urea groups is 1. The number of aryl methyl sites for hydroxylation is 3. The van der Waals surface area contributed by atoms with Gasteiger partial charge in [-0.25, -0.2) is 4.79 Å². The van der Waals surface area contributed by atoms with Crippen LogP contribution in [0.1, 0.15) is 47.7 Å². The molecule has 1 aliphatic heterocycles. The van der Waals surface area contributed by atoms with Gasteiger partial charge in [-0.2, -0.15) is 0 Å². The molecule has 0 aromatic heterocycles. The number of imide groups is 1. The second kappa shape index (κ2) is 7.70. The minimum atomic E-state index is -1.18. The normalized spacial score (nSPS) is 19.8. The van der Waals surface area contributed by atoms with E-state index in [2.05, 4.69) is 10.6 Å². The Morgan fingerprint density at radius 3 is 2.34 bits per heavy atom. The maximum absolute atomic E-state index is 13.0. The molecular formula is C23H27N3O3. The lowest BCUT2D eigenvalue weighted by molar-refractivity contribution is -0.135. The molecule has 1 saturated heterocycles. The minimum Gasteiger partial charge on any atom is -0.348 e. The molecule has 2 unspecified atom stereocenters. The maximum atomic E-state index is 13.0. The summed E-state index contributed by atoms with van der Waals surface area (Å²) in [7, 11) is 0. The number of nitrogens with one attached hydrogen (secondary N) is 2. The fourth-order valence-electron chi connectivity index (χ4n) is 3.47. The maximum Gasteiger partial charge on any atom is 0.325 e. The predicted octanol–water partition coefficient (Wildman–Crippen LogP) is 3.26. The lowest BCUT2D eigenvalue weighted by atomic mass is 9.91. The van der Waals surface area contributed by atoms with Crippen LogP contribution in [0.3, 0.4) is 0 Å². The van der Waals surface area contributed by atoms with Crippen molar-refractivity contribution in [2.75, 3.05) is 6.54 Å². The van der Waals surface area contributed by atoms with Crippen molar-refractivity contribution < 1.29 is 14.4 Å². The van der Waals surface area contributed by atoms with Crippen LogP contribution in [0.25, 0.3) is 0 Å². The van der Waals surface area contributed by atoms with Crippen LogP contribution in [0.4, 0.5) is 4.79 Å². The van der Waals surface area contributed by atoms with Crippen LogP contribution in [-0.4, -0.2) is 29.3 Å². The van der Waals surface area contributed by atoms with E-state index in [0.717, 1.165) is 21.6 Å². The van der Waals surface area contributed by atoms with Gasteiger partial charge in [-0.3, -0.25) is 14.5 Å². The average molecular weight is 393 g/mol. The standard InChI is InChI=1S/C23H27N3O3/c1-14-6-10-19(11-7-14)23(5)21(28)26(22(29)25-23)13-20(27)24-17(4)18-9-8-15(2)16(3)12-18/h6-12,17H,13H2,1-5H3,(H,24,27)(H,25,29). The molecule has 4 amide bonds. The molecule has 0 spiro atoms. The Bertz CT molecular complexity index is 968. The van der Waals surface area contributed by atoms with Gasteiger partial charge in [0.25, 0.3) is 5.91 Å². The third-order valence-corrected chi connectivity index (χ3v) is 5.61. The number of benzene rings is 2. The molecule has 0 radical (unpaired) electrons. The number of carbonyl (C=O) groups is 3. The third kappa shape index (κ3) is 4.01. The van der Waals surface area contributed by atoms with E-state index in [4.69, 9.17) is 0 Å². The Morgan fingerprint density at radius 1 is 1.07 bits per heavy atom. The summed E-state index contributed by atoms with van der Waals surface area (Å²) in [6.45, 7) is 9.23. The number of rotatable bonds is 5. The summed E-state index contributed by atoms with van der Waals surface area (Å²) < 4.78 is 0. The van der Waals surface area contributed by atoms with Crippen LogP contribution in [0.5, 0.6) is 0 Å². The fourth-order valence-corrected chi connectivity index (χ4v) is 3.47. The zero-order valence-corrected chi connectivity index (χ0v) is 17.5. The second-order valence-corrected chi connectivity index (χ2v) is 7.95. The van der Waals surface area contributed by atoms with Gasteiger partial charge in [0.05, 0.1) is 6.04 Å². The Labute approximate surface area is 171 Å². The smallest absolute Gasteiger partial charge is 0.325 e. The summed E-state index contributed by atoms with van der Waals surface area (Å²) >= 11 is 0. The first kappa shape index (κ1) is 20.6. The van der Waals surface area contributed by atoms with E-state index in [0.29, 0.717) is 5.56 Å². The van der Waals surface area contributed by atoms with Gasteiger partial charge in [-0.1, -0.05) is 48.0 Å². The van der Waals surface area contributed by atoms with Gasteiger partial charge in [-0.05, 0) is 56.9 Å². The van der Waals surface area contributed by atoms with Crippen molar-refractivity contribution >= 4 is 17.8 Å². The molecule has 0 aliphatic carbocycles. The average Bonchev–Trinajstić information content (AvgIpc) is 2.88. The number of hydrogen-bond donors (Lipinski definition) is 2. The largest absolute Gasteiger partial charge is 0.348 e. The highest BCUT2D eigenvalue weighted by molar-refractivity contribution is 6.09. The van der Waals surface area contributed by atoms with Crippen molar-refractivity contribution in [2.24, 2.45) is 0 Å². The molecule has 0 bridgehead atoms. The van der Waals surface area contributed by atoms with Gasteiger partial charge in [0.1, 0.15) is 12.1 Å². The zero-order chi connectivity index (χ0) is 21.3. The second-order valence-electron chi connectivity index (χ2n) is 7.95. The van der Waals surface area contributed by atoms with Crippen LogP contribution >= 0.6 is 0 Å². The van der Waals surface area contributed by atoms with E-state index < -0.39 is 17.5 Å².